The number of benzene rings is 1. The van der Waals surface area contributed by atoms with Crippen molar-refractivity contribution < 1.29 is 9.53 Å². The van der Waals surface area contributed by atoms with Gasteiger partial charge in [0.1, 0.15) is 5.82 Å². The molecular weight excluding hydrogens is 280 g/mol. The molecule has 1 aliphatic heterocycles. The van der Waals surface area contributed by atoms with Crippen LogP contribution in [0.1, 0.15) is 0 Å². The van der Waals surface area contributed by atoms with Crippen molar-refractivity contribution in [1.29, 1.82) is 0 Å². The normalized spacial score (nSPS) is 14.5. The molecule has 3 rings (SSSR count). The molecule has 1 aliphatic rings. The molecule has 6 nitrogen and oxygen atoms in total. The van der Waals surface area contributed by atoms with Gasteiger partial charge in [-0.05, 0) is 24.3 Å². The lowest BCUT2D eigenvalue weighted by Gasteiger charge is -2.30. The Bertz CT molecular complexity index is 627. The summed E-state index contributed by atoms with van der Waals surface area (Å²) in [6.07, 6.45) is 1.64. The van der Waals surface area contributed by atoms with Gasteiger partial charge < -0.3 is 15.0 Å². The lowest BCUT2D eigenvalue weighted by Crippen LogP contribution is -2.37. The number of anilines is 3. The van der Waals surface area contributed by atoms with E-state index in [1.165, 1.54) is 0 Å². The number of hydrogen-bond acceptors (Lipinski definition) is 4. The summed E-state index contributed by atoms with van der Waals surface area (Å²) in [7, 11) is 0. The summed E-state index contributed by atoms with van der Waals surface area (Å²) in [5, 5.41) is 5.60. The van der Waals surface area contributed by atoms with Crippen molar-refractivity contribution in [3.63, 3.8) is 0 Å². The topological polar surface area (TPSA) is 66.5 Å². The number of nitrogens with zero attached hydrogens (tertiary/aromatic N) is 2. The molecule has 1 aromatic heterocycles. The predicted octanol–water partition coefficient (Wildman–Crippen LogP) is 2.56. The molecular formula is C16H18N4O2. The molecule has 0 radical (unpaired) electrons. The van der Waals surface area contributed by atoms with E-state index < -0.39 is 0 Å². The fraction of sp³-hybridized carbons (Fsp3) is 0.250. The van der Waals surface area contributed by atoms with Gasteiger partial charge in [0.05, 0.1) is 24.6 Å². The van der Waals surface area contributed by atoms with Gasteiger partial charge in [0.25, 0.3) is 0 Å². The van der Waals surface area contributed by atoms with E-state index in [2.05, 4.69) is 20.5 Å². The number of carbonyl (C=O) groups excluding carboxylic acids is 1. The first kappa shape index (κ1) is 14.3. The number of amides is 2. The molecule has 2 heterocycles. The Labute approximate surface area is 129 Å². The minimum absolute atomic E-state index is 0.306. The van der Waals surface area contributed by atoms with E-state index in [4.69, 9.17) is 4.74 Å². The first-order valence-electron chi connectivity index (χ1n) is 7.24. The minimum Gasteiger partial charge on any atom is -0.378 e. The summed E-state index contributed by atoms with van der Waals surface area (Å²) in [5.74, 6) is 0.517. The highest BCUT2D eigenvalue weighted by Crippen LogP contribution is 2.26. The molecule has 2 N–H and O–H groups in total. The summed E-state index contributed by atoms with van der Waals surface area (Å²) in [6.45, 7) is 3.05. The van der Waals surface area contributed by atoms with Gasteiger partial charge in [-0.25, -0.2) is 9.78 Å². The second-order valence-electron chi connectivity index (χ2n) is 4.91. The van der Waals surface area contributed by atoms with E-state index in [1.54, 1.807) is 18.3 Å². The summed E-state index contributed by atoms with van der Waals surface area (Å²) in [5.41, 5.74) is 1.78. The fourth-order valence-corrected chi connectivity index (χ4v) is 2.37. The second kappa shape index (κ2) is 6.91. The molecule has 1 saturated heterocycles. The Morgan fingerprint density at radius 2 is 1.82 bits per heavy atom. The molecule has 114 valence electrons. The average molecular weight is 298 g/mol. The van der Waals surface area contributed by atoms with Crippen molar-refractivity contribution >= 4 is 23.2 Å². The van der Waals surface area contributed by atoms with E-state index >= 15 is 0 Å². The number of para-hydroxylation sites is 2. The number of ether oxygens (including phenoxy) is 1. The molecule has 22 heavy (non-hydrogen) atoms. The maximum atomic E-state index is 12.1. The maximum Gasteiger partial charge on any atom is 0.324 e. The van der Waals surface area contributed by atoms with Crippen LogP contribution < -0.4 is 15.5 Å². The number of carbonyl (C=O) groups is 1. The molecule has 0 saturated carbocycles. The van der Waals surface area contributed by atoms with Gasteiger partial charge in [0.15, 0.2) is 0 Å². The summed E-state index contributed by atoms with van der Waals surface area (Å²) < 4.78 is 5.37. The number of nitrogens with one attached hydrogen (secondary N) is 2. The summed E-state index contributed by atoms with van der Waals surface area (Å²) in [4.78, 5) is 18.4. The number of pyridine rings is 1. The van der Waals surface area contributed by atoms with Gasteiger partial charge >= 0.3 is 6.03 Å². The van der Waals surface area contributed by atoms with E-state index in [-0.39, 0.29) is 6.03 Å². The van der Waals surface area contributed by atoms with Crippen molar-refractivity contribution in [3.8, 4) is 0 Å². The highest BCUT2D eigenvalue weighted by Gasteiger charge is 2.15. The Balaban J connectivity index is 1.70. The number of morpholine rings is 1. The summed E-state index contributed by atoms with van der Waals surface area (Å²) >= 11 is 0. The van der Waals surface area contributed by atoms with E-state index in [0.29, 0.717) is 19.0 Å². The third kappa shape index (κ3) is 3.53. The van der Waals surface area contributed by atoms with Gasteiger partial charge in [0, 0.05) is 19.3 Å². The highest BCUT2D eigenvalue weighted by atomic mass is 16.5. The summed E-state index contributed by atoms with van der Waals surface area (Å²) in [6, 6.07) is 12.8. The maximum absolute atomic E-state index is 12.1. The van der Waals surface area contributed by atoms with Crippen molar-refractivity contribution in [2.45, 2.75) is 0 Å². The SMILES string of the molecule is O=C(Nc1ccccn1)Nc1ccccc1N1CCOCC1. The fourth-order valence-electron chi connectivity index (χ4n) is 2.37. The zero-order valence-corrected chi connectivity index (χ0v) is 12.2. The van der Waals surface area contributed by atoms with Crippen LogP contribution in [-0.4, -0.2) is 37.3 Å². The molecule has 2 aromatic rings. The third-order valence-corrected chi connectivity index (χ3v) is 3.41. The quantitative estimate of drug-likeness (QED) is 0.914. The lowest BCUT2D eigenvalue weighted by atomic mass is 10.2. The third-order valence-electron chi connectivity index (χ3n) is 3.41. The zero-order chi connectivity index (χ0) is 15.2. The van der Waals surface area contributed by atoms with Gasteiger partial charge in [-0.1, -0.05) is 18.2 Å². The molecule has 0 unspecified atom stereocenters. The van der Waals surface area contributed by atoms with Crippen LogP contribution in [0.4, 0.5) is 22.0 Å². The minimum atomic E-state index is -0.306. The highest BCUT2D eigenvalue weighted by molar-refractivity contribution is 6.01. The van der Waals surface area contributed by atoms with Crippen LogP contribution in [-0.2, 0) is 4.74 Å². The van der Waals surface area contributed by atoms with Crippen LogP contribution in [0.25, 0.3) is 0 Å². The van der Waals surface area contributed by atoms with E-state index in [0.717, 1.165) is 24.5 Å². The standard InChI is InChI=1S/C16H18N4O2/c21-16(19-15-7-3-4-8-17-15)18-13-5-1-2-6-14(13)20-9-11-22-12-10-20/h1-8H,9-12H2,(H2,17,18,19,21). The largest absolute Gasteiger partial charge is 0.378 e. The molecule has 1 aromatic carbocycles. The molecule has 2 amide bonds. The monoisotopic (exact) mass is 298 g/mol. The smallest absolute Gasteiger partial charge is 0.324 e. The Kier molecular flexibility index (Phi) is 4.50. The number of aromatic nitrogens is 1. The van der Waals surface area contributed by atoms with Crippen molar-refractivity contribution in [2.75, 3.05) is 41.8 Å². The number of hydrogen-bond donors (Lipinski definition) is 2. The van der Waals surface area contributed by atoms with Crippen LogP contribution in [0.15, 0.2) is 48.7 Å². The lowest BCUT2D eigenvalue weighted by molar-refractivity contribution is 0.123. The van der Waals surface area contributed by atoms with Crippen molar-refractivity contribution in [1.82, 2.24) is 4.98 Å². The molecule has 6 heteroatoms. The molecule has 0 spiro atoms. The van der Waals surface area contributed by atoms with Crippen LogP contribution in [0.3, 0.4) is 0 Å². The zero-order valence-electron chi connectivity index (χ0n) is 12.2. The van der Waals surface area contributed by atoms with Crippen LogP contribution in [0.2, 0.25) is 0 Å². The first-order chi connectivity index (χ1) is 10.8. The first-order valence-corrected chi connectivity index (χ1v) is 7.24. The van der Waals surface area contributed by atoms with Crippen molar-refractivity contribution in [2.24, 2.45) is 0 Å². The van der Waals surface area contributed by atoms with Gasteiger partial charge in [0.2, 0.25) is 0 Å². The molecule has 1 fully saturated rings. The van der Waals surface area contributed by atoms with Gasteiger partial charge in [-0.3, -0.25) is 5.32 Å². The molecule has 0 aliphatic carbocycles. The van der Waals surface area contributed by atoms with Gasteiger partial charge in [-0.2, -0.15) is 0 Å². The predicted molar refractivity (Wildman–Crippen MR) is 86.4 cm³/mol. The van der Waals surface area contributed by atoms with Gasteiger partial charge in [-0.15, -0.1) is 0 Å². The second-order valence-corrected chi connectivity index (χ2v) is 4.91. The van der Waals surface area contributed by atoms with E-state index in [1.807, 2.05) is 30.3 Å². The van der Waals surface area contributed by atoms with Crippen molar-refractivity contribution in [3.05, 3.63) is 48.7 Å². The Morgan fingerprint density at radius 1 is 1.05 bits per heavy atom. The Morgan fingerprint density at radius 3 is 2.59 bits per heavy atom. The van der Waals surface area contributed by atoms with Crippen LogP contribution in [0.5, 0.6) is 0 Å². The number of rotatable bonds is 3. The van der Waals surface area contributed by atoms with E-state index in [9.17, 15) is 4.79 Å². The molecule has 0 atom stereocenters. The van der Waals surface area contributed by atoms with Crippen LogP contribution >= 0.6 is 0 Å². The average Bonchev–Trinajstić information content (AvgIpc) is 2.57. The molecule has 0 bridgehead atoms. The Hall–Kier alpha value is -2.60. The number of urea groups is 1. The van der Waals surface area contributed by atoms with Crippen LogP contribution in [0, 0.1) is 0 Å².